The van der Waals surface area contributed by atoms with Crippen molar-refractivity contribution in [2.75, 3.05) is 5.32 Å². The first kappa shape index (κ1) is 16.6. The molecule has 0 spiro atoms. The Morgan fingerprint density at radius 1 is 0.840 bits per heavy atom. The molecule has 1 heterocycles. The van der Waals surface area contributed by atoms with Gasteiger partial charge in [-0.05, 0) is 47.8 Å². The molecular weight excluding hydrogens is 334 g/mol. The summed E-state index contributed by atoms with van der Waals surface area (Å²) in [5, 5.41) is 8.64. The van der Waals surface area contributed by atoms with E-state index >= 15 is 0 Å². The summed E-state index contributed by atoms with van der Waals surface area (Å²) in [5.41, 5.74) is 4.13. The number of anilines is 1. The number of nitrogens with zero attached hydrogens (tertiary/aromatic N) is 1. The van der Waals surface area contributed by atoms with Gasteiger partial charge in [0, 0.05) is 21.7 Å². The smallest absolute Gasteiger partial charge is 0.271 e. The Labute approximate surface area is 149 Å². The number of nitrogens with one attached hydrogen (secondary N) is 2. The van der Waals surface area contributed by atoms with Gasteiger partial charge in [-0.1, -0.05) is 24.3 Å². The van der Waals surface area contributed by atoms with Crippen LogP contribution in [0.3, 0.4) is 0 Å². The molecule has 3 aromatic rings. The van der Waals surface area contributed by atoms with Crippen molar-refractivity contribution in [2.45, 2.75) is 0 Å². The molecular formula is C19H15N3O2S. The maximum Gasteiger partial charge on any atom is 0.271 e. The second-order valence-corrected chi connectivity index (χ2v) is 6.09. The summed E-state index contributed by atoms with van der Waals surface area (Å²) < 4.78 is 0. The van der Waals surface area contributed by atoms with Crippen LogP contribution >= 0.6 is 11.3 Å². The highest BCUT2D eigenvalue weighted by Gasteiger charge is 2.07. The summed E-state index contributed by atoms with van der Waals surface area (Å²) in [6.45, 7) is 0. The van der Waals surface area contributed by atoms with Crippen molar-refractivity contribution in [3.63, 3.8) is 0 Å². The molecule has 6 heteroatoms. The zero-order chi connectivity index (χ0) is 17.5. The molecule has 3 rings (SSSR count). The number of amides is 2. The third-order valence-corrected chi connectivity index (χ3v) is 4.15. The van der Waals surface area contributed by atoms with Crippen LogP contribution in [-0.2, 0) is 0 Å². The van der Waals surface area contributed by atoms with Gasteiger partial charge in [0.05, 0.1) is 6.21 Å². The number of carbonyl (C=O) groups is 2. The monoisotopic (exact) mass is 349 g/mol. The van der Waals surface area contributed by atoms with Crippen LogP contribution in [0.1, 0.15) is 25.6 Å². The van der Waals surface area contributed by atoms with Crippen LogP contribution in [0, 0.1) is 0 Å². The summed E-state index contributed by atoms with van der Waals surface area (Å²) >= 11 is 1.54. The molecule has 124 valence electrons. The first-order chi connectivity index (χ1) is 12.2. The number of hydrazone groups is 1. The van der Waals surface area contributed by atoms with Gasteiger partial charge in [0.25, 0.3) is 11.8 Å². The number of rotatable bonds is 5. The Bertz CT molecular complexity index is 873. The van der Waals surface area contributed by atoms with Crippen LogP contribution in [-0.4, -0.2) is 18.0 Å². The molecule has 0 saturated heterocycles. The fraction of sp³-hybridized carbons (Fsp3) is 0. The number of hydrogen-bond donors (Lipinski definition) is 2. The standard InChI is InChI=1S/C19H15N3O2S/c23-18(14-5-2-1-3-6-14)21-16-10-8-15(9-11-16)19(24)22-20-13-17-7-4-12-25-17/h1-13H,(H,21,23)(H,22,24)/b20-13+. The van der Waals surface area contributed by atoms with Gasteiger partial charge >= 0.3 is 0 Å². The van der Waals surface area contributed by atoms with E-state index in [1.165, 1.54) is 11.3 Å². The van der Waals surface area contributed by atoms with Crippen LogP contribution in [0.2, 0.25) is 0 Å². The van der Waals surface area contributed by atoms with Gasteiger partial charge in [0.15, 0.2) is 0 Å². The van der Waals surface area contributed by atoms with Gasteiger partial charge in [-0.15, -0.1) is 11.3 Å². The first-order valence-electron chi connectivity index (χ1n) is 7.56. The summed E-state index contributed by atoms with van der Waals surface area (Å²) in [7, 11) is 0. The minimum Gasteiger partial charge on any atom is -0.322 e. The summed E-state index contributed by atoms with van der Waals surface area (Å²) in [5.74, 6) is -0.507. The fourth-order valence-electron chi connectivity index (χ4n) is 2.08. The summed E-state index contributed by atoms with van der Waals surface area (Å²) in [6.07, 6.45) is 1.59. The van der Waals surface area contributed by atoms with E-state index in [1.54, 1.807) is 54.7 Å². The molecule has 0 aliphatic rings. The maximum atomic E-state index is 12.1. The highest BCUT2D eigenvalue weighted by molar-refractivity contribution is 7.11. The molecule has 1 aromatic heterocycles. The molecule has 0 aliphatic heterocycles. The van der Waals surface area contributed by atoms with E-state index in [9.17, 15) is 9.59 Å². The van der Waals surface area contributed by atoms with Crippen LogP contribution < -0.4 is 10.7 Å². The second-order valence-electron chi connectivity index (χ2n) is 5.11. The van der Waals surface area contributed by atoms with Gasteiger partial charge < -0.3 is 5.32 Å². The first-order valence-corrected chi connectivity index (χ1v) is 8.44. The predicted octanol–water partition coefficient (Wildman–Crippen LogP) is 3.76. The zero-order valence-electron chi connectivity index (χ0n) is 13.2. The van der Waals surface area contributed by atoms with Gasteiger partial charge in [0.2, 0.25) is 0 Å². The largest absolute Gasteiger partial charge is 0.322 e. The Balaban J connectivity index is 1.58. The SMILES string of the molecule is O=C(N/N=C/c1cccs1)c1ccc(NC(=O)c2ccccc2)cc1. The van der Waals surface area contributed by atoms with E-state index in [2.05, 4.69) is 15.8 Å². The summed E-state index contributed by atoms with van der Waals surface area (Å²) in [6, 6.07) is 19.4. The molecule has 0 aliphatic carbocycles. The van der Waals surface area contributed by atoms with Crippen molar-refractivity contribution < 1.29 is 9.59 Å². The van der Waals surface area contributed by atoms with E-state index in [0.29, 0.717) is 16.8 Å². The third-order valence-electron chi connectivity index (χ3n) is 3.34. The number of benzene rings is 2. The lowest BCUT2D eigenvalue weighted by Gasteiger charge is -2.06. The fourth-order valence-corrected chi connectivity index (χ4v) is 2.67. The molecule has 0 radical (unpaired) electrons. The van der Waals surface area contributed by atoms with Gasteiger partial charge in [-0.25, -0.2) is 5.43 Å². The number of hydrogen-bond acceptors (Lipinski definition) is 4. The average Bonchev–Trinajstić information content (AvgIpc) is 3.16. The van der Waals surface area contributed by atoms with Crippen molar-refractivity contribution in [3.8, 4) is 0 Å². The minimum atomic E-state index is -0.311. The van der Waals surface area contributed by atoms with E-state index in [4.69, 9.17) is 0 Å². The van der Waals surface area contributed by atoms with E-state index in [-0.39, 0.29) is 11.8 Å². The maximum absolute atomic E-state index is 12.1. The van der Waals surface area contributed by atoms with Crippen molar-refractivity contribution >= 4 is 35.1 Å². The molecule has 25 heavy (non-hydrogen) atoms. The van der Waals surface area contributed by atoms with Crippen LogP contribution in [0.25, 0.3) is 0 Å². The van der Waals surface area contributed by atoms with Crippen molar-refractivity contribution in [1.29, 1.82) is 0 Å². The Kier molecular flexibility index (Phi) is 5.33. The highest BCUT2D eigenvalue weighted by atomic mass is 32.1. The molecule has 0 atom stereocenters. The molecule has 0 bridgehead atoms. The molecule has 2 amide bonds. The Morgan fingerprint density at radius 3 is 2.24 bits per heavy atom. The average molecular weight is 349 g/mol. The minimum absolute atomic E-state index is 0.196. The van der Waals surface area contributed by atoms with Gasteiger partial charge in [0.1, 0.15) is 0 Å². The Morgan fingerprint density at radius 2 is 1.56 bits per heavy atom. The lowest BCUT2D eigenvalue weighted by atomic mass is 10.2. The quantitative estimate of drug-likeness (QED) is 0.544. The molecule has 5 nitrogen and oxygen atoms in total. The lowest BCUT2D eigenvalue weighted by molar-refractivity contribution is 0.0954. The van der Waals surface area contributed by atoms with Crippen LogP contribution in [0.15, 0.2) is 77.2 Å². The predicted molar refractivity (Wildman–Crippen MR) is 100 cm³/mol. The molecule has 0 fully saturated rings. The second kappa shape index (κ2) is 8.03. The molecule has 2 N–H and O–H groups in total. The van der Waals surface area contributed by atoms with Crippen molar-refractivity contribution in [3.05, 3.63) is 88.1 Å². The zero-order valence-corrected chi connectivity index (χ0v) is 14.0. The van der Waals surface area contributed by atoms with Crippen molar-refractivity contribution in [1.82, 2.24) is 5.43 Å². The Hall–Kier alpha value is -3.25. The van der Waals surface area contributed by atoms with Gasteiger partial charge in [-0.3, -0.25) is 9.59 Å². The topological polar surface area (TPSA) is 70.6 Å². The lowest BCUT2D eigenvalue weighted by Crippen LogP contribution is -2.17. The van der Waals surface area contributed by atoms with Crippen LogP contribution in [0.5, 0.6) is 0 Å². The molecule has 2 aromatic carbocycles. The molecule has 0 unspecified atom stereocenters. The third kappa shape index (κ3) is 4.62. The molecule has 0 saturated carbocycles. The van der Waals surface area contributed by atoms with E-state index in [1.807, 2.05) is 23.6 Å². The van der Waals surface area contributed by atoms with E-state index < -0.39 is 0 Å². The van der Waals surface area contributed by atoms with Gasteiger partial charge in [-0.2, -0.15) is 5.10 Å². The normalized spacial score (nSPS) is 10.6. The van der Waals surface area contributed by atoms with E-state index in [0.717, 1.165) is 4.88 Å². The van der Waals surface area contributed by atoms with Crippen LogP contribution in [0.4, 0.5) is 5.69 Å². The summed E-state index contributed by atoms with van der Waals surface area (Å²) in [4.78, 5) is 25.1. The highest BCUT2D eigenvalue weighted by Crippen LogP contribution is 2.11. The van der Waals surface area contributed by atoms with Crippen molar-refractivity contribution in [2.24, 2.45) is 5.10 Å². The number of carbonyl (C=O) groups excluding carboxylic acids is 2. The number of thiophene rings is 1.